The molecule has 0 saturated heterocycles. The number of anilines is 1. The van der Waals surface area contributed by atoms with Crippen LogP contribution in [0.2, 0.25) is 0 Å². The van der Waals surface area contributed by atoms with Gasteiger partial charge < -0.3 is 15.6 Å². The molecular formula is C21H20N2O3. The first-order chi connectivity index (χ1) is 12.6. The first-order valence-corrected chi connectivity index (χ1v) is 8.39. The van der Waals surface area contributed by atoms with Crippen molar-refractivity contribution < 1.29 is 14.6 Å². The van der Waals surface area contributed by atoms with Gasteiger partial charge in [-0.15, -0.1) is 0 Å². The van der Waals surface area contributed by atoms with E-state index in [1.807, 2.05) is 49.4 Å². The number of nitrogen functional groups attached to an aromatic ring is 1. The van der Waals surface area contributed by atoms with Crippen LogP contribution in [0.1, 0.15) is 24.2 Å². The van der Waals surface area contributed by atoms with Crippen molar-refractivity contribution in [3.05, 3.63) is 77.9 Å². The van der Waals surface area contributed by atoms with Crippen LogP contribution >= 0.6 is 0 Å². The summed E-state index contributed by atoms with van der Waals surface area (Å²) in [6.45, 7) is 1.98. The second-order valence-electron chi connectivity index (χ2n) is 5.85. The molecule has 5 heteroatoms. The Bertz CT molecular complexity index is 896. The number of hydrogen-bond acceptors (Lipinski definition) is 4. The summed E-state index contributed by atoms with van der Waals surface area (Å²) in [6.07, 6.45) is -0.491. The van der Waals surface area contributed by atoms with E-state index in [1.165, 1.54) is 0 Å². The Morgan fingerprint density at radius 3 is 2.31 bits per heavy atom. The molecule has 3 aromatic rings. The van der Waals surface area contributed by atoms with Gasteiger partial charge in [-0.2, -0.15) is 0 Å². The number of ether oxygens (including phenoxy) is 1. The second-order valence-corrected chi connectivity index (χ2v) is 5.85. The highest BCUT2D eigenvalue weighted by molar-refractivity contribution is 5.75. The molecule has 3 N–H and O–H groups in total. The number of carbonyl (C=O) groups is 1. The topological polar surface area (TPSA) is 85.4 Å². The molecule has 0 aliphatic rings. The Hall–Kier alpha value is -3.34. The zero-order valence-electron chi connectivity index (χ0n) is 14.4. The van der Waals surface area contributed by atoms with E-state index < -0.39 is 12.1 Å². The van der Waals surface area contributed by atoms with Crippen LogP contribution in [0.25, 0.3) is 11.3 Å². The van der Waals surface area contributed by atoms with Crippen LogP contribution in [-0.2, 0) is 11.2 Å². The number of aromatic nitrogens is 1. The molecule has 0 fully saturated rings. The number of aliphatic carboxylic acids is 1. The number of hydrogen-bond donors (Lipinski definition) is 2. The molecule has 0 amide bonds. The van der Waals surface area contributed by atoms with E-state index in [1.54, 1.807) is 24.3 Å². The lowest BCUT2D eigenvalue weighted by molar-refractivity contribution is -0.145. The van der Waals surface area contributed by atoms with Gasteiger partial charge in [0.25, 0.3) is 0 Å². The van der Waals surface area contributed by atoms with E-state index in [0.717, 1.165) is 11.1 Å². The van der Waals surface area contributed by atoms with Gasteiger partial charge in [-0.25, -0.2) is 9.78 Å². The van der Waals surface area contributed by atoms with E-state index in [4.69, 9.17) is 10.5 Å². The largest absolute Gasteiger partial charge is 0.478 e. The lowest BCUT2D eigenvalue weighted by atomic mass is 10.1. The van der Waals surface area contributed by atoms with Crippen molar-refractivity contribution in [1.29, 1.82) is 0 Å². The van der Waals surface area contributed by atoms with E-state index in [9.17, 15) is 9.90 Å². The fourth-order valence-electron chi connectivity index (χ4n) is 2.72. The molecule has 0 bridgehead atoms. The number of benzene rings is 2. The molecule has 0 spiro atoms. The first-order valence-electron chi connectivity index (χ1n) is 8.39. The third kappa shape index (κ3) is 3.67. The predicted molar refractivity (Wildman–Crippen MR) is 101 cm³/mol. The van der Waals surface area contributed by atoms with Gasteiger partial charge in [0.1, 0.15) is 0 Å². The second kappa shape index (κ2) is 7.70. The monoisotopic (exact) mass is 348 g/mol. The van der Waals surface area contributed by atoms with Gasteiger partial charge in [0, 0.05) is 11.1 Å². The van der Waals surface area contributed by atoms with Crippen LogP contribution in [0, 0.1) is 0 Å². The number of nitrogens with zero attached hydrogens (tertiary/aromatic N) is 1. The smallest absolute Gasteiger partial charge is 0.349 e. The number of pyridine rings is 1. The number of aryl methyl sites for hydroxylation is 1. The Labute approximate surface area is 152 Å². The molecule has 132 valence electrons. The normalized spacial score (nSPS) is 11.7. The van der Waals surface area contributed by atoms with Crippen LogP contribution in [0.4, 0.5) is 5.69 Å². The van der Waals surface area contributed by atoms with Crippen LogP contribution in [0.3, 0.4) is 0 Å². The number of rotatable bonds is 6. The van der Waals surface area contributed by atoms with Crippen LogP contribution < -0.4 is 10.5 Å². The molecule has 26 heavy (non-hydrogen) atoms. The summed E-state index contributed by atoms with van der Waals surface area (Å²) in [5, 5.41) is 9.60. The van der Waals surface area contributed by atoms with E-state index in [2.05, 4.69) is 4.98 Å². The molecule has 0 saturated carbocycles. The molecule has 5 nitrogen and oxygen atoms in total. The van der Waals surface area contributed by atoms with Gasteiger partial charge in [0.15, 0.2) is 0 Å². The van der Waals surface area contributed by atoms with Gasteiger partial charge in [-0.3, -0.25) is 0 Å². The Morgan fingerprint density at radius 1 is 1.12 bits per heavy atom. The van der Waals surface area contributed by atoms with Crippen LogP contribution in [0.5, 0.6) is 5.88 Å². The van der Waals surface area contributed by atoms with Crippen molar-refractivity contribution in [1.82, 2.24) is 4.98 Å². The third-order valence-electron chi connectivity index (χ3n) is 4.12. The van der Waals surface area contributed by atoms with Crippen LogP contribution in [-0.4, -0.2) is 16.1 Å². The van der Waals surface area contributed by atoms with E-state index in [-0.39, 0.29) is 5.88 Å². The molecule has 1 heterocycles. The van der Waals surface area contributed by atoms with Gasteiger partial charge in [-0.05, 0) is 18.1 Å². The summed E-state index contributed by atoms with van der Waals surface area (Å²) in [7, 11) is 0. The van der Waals surface area contributed by atoms with Gasteiger partial charge in [0.05, 0.1) is 11.4 Å². The molecular weight excluding hydrogens is 328 g/mol. The number of carboxylic acids is 1. The lowest BCUT2D eigenvalue weighted by Crippen LogP contribution is -2.19. The minimum Gasteiger partial charge on any atom is -0.478 e. The molecule has 2 aromatic carbocycles. The standard InChI is InChI=1S/C21H20N2O3/c1-2-14-13-17(15-9-5-3-6-10-15)23-20(18(14)22)26-19(21(24)25)16-11-7-4-8-12-16/h3-13,19H,2,22H2,1H3,(H,24,25). The summed E-state index contributed by atoms with van der Waals surface area (Å²) in [6, 6.07) is 20.3. The van der Waals surface area contributed by atoms with E-state index >= 15 is 0 Å². The Kier molecular flexibility index (Phi) is 5.17. The van der Waals surface area contributed by atoms with Crippen molar-refractivity contribution >= 4 is 11.7 Å². The quantitative estimate of drug-likeness (QED) is 0.700. The van der Waals surface area contributed by atoms with Crippen molar-refractivity contribution in [2.24, 2.45) is 0 Å². The Balaban J connectivity index is 2.04. The fraction of sp³-hybridized carbons (Fsp3) is 0.143. The highest BCUT2D eigenvalue weighted by atomic mass is 16.5. The molecule has 0 aliphatic heterocycles. The molecule has 1 atom stereocenters. The molecule has 0 radical (unpaired) electrons. The average molecular weight is 348 g/mol. The summed E-state index contributed by atoms with van der Waals surface area (Å²) in [5.41, 5.74) is 9.57. The van der Waals surface area contributed by atoms with Crippen LogP contribution in [0.15, 0.2) is 66.7 Å². The predicted octanol–water partition coefficient (Wildman–Crippen LogP) is 4.10. The molecule has 1 unspecified atom stereocenters. The SMILES string of the molecule is CCc1cc(-c2ccccc2)nc(OC(C(=O)O)c2ccccc2)c1N. The Morgan fingerprint density at radius 2 is 1.73 bits per heavy atom. The minimum absolute atomic E-state index is 0.138. The van der Waals surface area contributed by atoms with Crippen molar-refractivity contribution in [2.45, 2.75) is 19.4 Å². The zero-order valence-corrected chi connectivity index (χ0v) is 14.4. The number of carboxylic acid groups (broad SMARTS) is 1. The van der Waals surface area contributed by atoms with E-state index in [0.29, 0.717) is 23.4 Å². The lowest BCUT2D eigenvalue weighted by Gasteiger charge is -2.18. The maximum atomic E-state index is 11.7. The maximum absolute atomic E-state index is 11.7. The third-order valence-corrected chi connectivity index (χ3v) is 4.12. The minimum atomic E-state index is -1.18. The first kappa shape index (κ1) is 17.5. The molecule has 0 aliphatic carbocycles. The average Bonchev–Trinajstić information content (AvgIpc) is 2.68. The molecule has 1 aromatic heterocycles. The summed E-state index contributed by atoms with van der Waals surface area (Å²) >= 11 is 0. The number of nitrogens with two attached hydrogens (primary N) is 1. The van der Waals surface area contributed by atoms with Gasteiger partial charge >= 0.3 is 5.97 Å². The fourth-order valence-corrected chi connectivity index (χ4v) is 2.72. The van der Waals surface area contributed by atoms with Gasteiger partial charge in [0.2, 0.25) is 12.0 Å². The zero-order chi connectivity index (χ0) is 18.5. The van der Waals surface area contributed by atoms with Crippen molar-refractivity contribution in [3.8, 4) is 17.1 Å². The highest BCUT2D eigenvalue weighted by Gasteiger charge is 2.24. The van der Waals surface area contributed by atoms with Crippen molar-refractivity contribution in [2.75, 3.05) is 5.73 Å². The highest BCUT2D eigenvalue weighted by Crippen LogP contribution is 2.32. The van der Waals surface area contributed by atoms with Gasteiger partial charge in [-0.1, -0.05) is 67.6 Å². The van der Waals surface area contributed by atoms with Crippen molar-refractivity contribution in [3.63, 3.8) is 0 Å². The summed E-state index contributed by atoms with van der Waals surface area (Å²) in [4.78, 5) is 16.2. The summed E-state index contributed by atoms with van der Waals surface area (Å²) in [5.74, 6) is -0.958. The molecule has 3 rings (SSSR count). The summed E-state index contributed by atoms with van der Waals surface area (Å²) < 4.78 is 5.76. The maximum Gasteiger partial charge on any atom is 0.349 e.